The molecule has 0 aromatic carbocycles. The third-order valence-electron chi connectivity index (χ3n) is 2.63. The second-order valence-corrected chi connectivity index (χ2v) is 3.76. The van der Waals surface area contributed by atoms with Crippen LogP contribution in [0.15, 0.2) is 6.20 Å². The Hall–Kier alpha value is -0.940. The Morgan fingerprint density at radius 1 is 1.54 bits per heavy atom. The predicted molar refractivity (Wildman–Crippen MR) is 47.0 cm³/mol. The maximum Gasteiger partial charge on any atom is 0.122 e. The average Bonchev–Trinajstić information content (AvgIpc) is 2.59. The topological polar surface area (TPSA) is 54.2 Å². The number of aromatic nitrogens is 3. The molecule has 5 nitrogen and oxygen atoms in total. The highest BCUT2D eigenvalue weighted by Crippen LogP contribution is 2.29. The van der Waals surface area contributed by atoms with Gasteiger partial charge in [-0.25, -0.2) is 4.68 Å². The van der Waals surface area contributed by atoms with Crippen LogP contribution in [0.2, 0.25) is 0 Å². The molecule has 0 bridgehead atoms. The molecule has 1 aromatic rings. The van der Waals surface area contributed by atoms with Crippen LogP contribution < -0.4 is 0 Å². The molecule has 2 rings (SSSR count). The van der Waals surface area contributed by atoms with Crippen molar-refractivity contribution in [1.29, 1.82) is 0 Å². The van der Waals surface area contributed by atoms with E-state index in [4.69, 9.17) is 0 Å². The van der Waals surface area contributed by atoms with E-state index in [1.54, 1.807) is 17.9 Å². The number of rotatable bonds is 1. The maximum atomic E-state index is 10.3. The van der Waals surface area contributed by atoms with Crippen molar-refractivity contribution in [2.45, 2.75) is 12.0 Å². The Bertz CT molecular complexity index is 311. The first kappa shape index (κ1) is 8.65. The summed E-state index contributed by atoms with van der Waals surface area (Å²) in [5, 5.41) is 17.9. The van der Waals surface area contributed by atoms with E-state index in [0.29, 0.717) is 6.54 Å². The zero-order chi connectivity index (χ0) is 9.47. The summed E-state index contributed by atoms with van der Waals surface area (Å²) in [6.07, 6.45) is 2.39. The van der Waals surface area contributed by atoms with Gasteiger partial charge in [0, 0.05) is 20.1 Å². The van der Waals surface area contributed by atoms with E-state index in [1.807, 2.05) is 7.05 Å². The van der Waals surface area contributed by atoms with E-state index < -0.39 is 5.60 Å². The van der Waals surface area contributed by atoms with E-state index >= 15 is 0 Å². The highest BCUT2D eigenvalue weighted by molar-refractivity contribution is 5.11. The van der Waals surface area contributed by atoms with E-state index in [9.17, 15) is 5.11 Å². The number of likely N-dealkylation sites (tertiary alicyclic amines) is 1. The number of hydrogen-bond donors (Lipinski definition) is 1. The number of aliphatic hydroxyl groups is 1. The van der Waals surface area contributed by atoms with Crippen LogP contribution in [0.5, 0.6) is 0 Å². The smallest absolute Gasteiger partial charge is 0.122 e. The van der Waals surface area contributed by atoms with Crippen molar-refractivity contribution in [2.24, 2.45) is 7.05 Å². The molecule has 0 saturated carbocycles. The molecule has 0 spiro atoms. The molecule has 1 N–H and O–H groups in total. The lowest BCUT2D eigenvalue weighted by atomic mass is 10.00. The minimum absolute atomic E-state index is 0.661. The second kappa shape index (κ2) is 2.78. The highest BCUT2D eigenvalue weighted by Gasteiger charge is 2.38. The van der Waals surface area contributed by atoms with E-state index in [2.05, 4.69) is 15.2 Å². The average molecular weight is 182 g/mol. The fourth-order valence-electron chi connectivity index (χ4n) is 1.90. The van der Waals surface area contributed by atoms with Crippen LogP contribution in [0, 0.1) is 0 Å². The van der Waals surface area contributed by atoms with E-state index in [0.717, 1.165) is 18.7 Å². The quantitative estimate of drug-likeness (QED) is 0.626. The molecule has 5 heteroatoms. The maximum absolute atomic E-state index is 10.3. The first-order valence-electron chi connectivity index (χ1n) is 4.38. The van der Waals surface area contributed by atoms with Crippen LogP contribution in [-0.4, -0.2) is 45.1 Å². The van der Waals surface area contributed by atoms with Gasteiger partial charge >= 0.3 is 0 Å². The summed E-state index contributed by atoms with van der Waals surface area (Å²) in [7, 11) is 3.81. The standard InChI is InChI=1S/C8H14N4O/c1-11-4-3-8(13,6-11)7-5-9-10-12(7)2/h5,13H,3-4,6H2,1-2H3. The Labute approximate surface area is 77.0 Å². The summed E-state index contributed by atoms with van der Waals surface area (Å²) in [6.45, 7) is 1.58. The SMILES string of the molecule is CN1CCC(O)(c2cnnn2C)C1. The van der Waals surface area contributed by atoms with Gasteiger partial charge in [0.2, 0.25) is 0 Å². The number of nitrogens with zero attached hydrogens (tertiary/aromatic N) is 4. The fourth-order valence-corrected chi connectivity index (χ4v) is 1.90. The summed E-state index contributed by atoms with van der Waals surface area (Å²) in [5.41, 5.74) is 0.0457. The highest BCUT2D eigenvalue weighted by atomic mass is 16.3. The number of aryl methyl sites for hydroxylation is 1. The third kappa shape index (κ3) is 1.34. The van der Waals surface area contributed by atoms with Crippen molar-refractivity contribution in [3.8, 4) is 0 Å². The Balaban J connectivity index is 2.30. The van der Waals surface area contributed by atoms with E-state index in [1.165, 1.54) is 0 Å². The van der Waals surface area contributed by atoms with Gasteiger partial charge in [0.05, 0.1) is 11.9 Å². The molecular formula is C8H14N4O. The largest absolute Gasteiger partial charge is 0.382 e. The molecule has 1 saturated heterocycles. The Morgan fingerprint density at radius 3 is 2.77 bits per heavy atom. The monoisotopic (exact) mass is 182 g/mol. The fraction of sp³-hybridized carbons (Fsp3) is 0.750. The molecule has 1 aromatic heterocycles. The molecular weight excluding hydrogens is 168 g/mol. The van der Waals surface area contributed by atoms with Crippen LogP contribution >= 0.6 is 0 Å². The van der Waals surface area contributed by atoms with Crippen LogP contribution in [0.25, 0.3) is 0 Å². The van der Waals surface area contributed by atoms with Gasteiger partial charge < -0.3 is 10.0 Å². The predicted octanol–water partition coefficient (Wildman–Crippen LogP) is -0.662. The van der Waals surface area contributed by atoms with Crippen LogP contribution in [0.1, 0.15) is 12.1 Å². The lowest BCUT2D eigenvalue weighted by Gasteiger charge is -2.21. The Kier molecular flexibility index (Phi) is 1.85. The zero-order valence-electron chi connectivity index (χ0n) is 7.93. The molecule has 1 unspecified atom stereocenters. The van der Waals surface area contributed by atoms with E-state index in [-0.39, 0.29) is 0 Å². The lowest BCUT2D eigenvalue weighted by molar-refractivity contribution is 0.0406. The van der Waals surface area contributed by atoms with Gasteiger partial charge in [-0.05, 0) is 13.5 Å². The lowest BCUT2D eigenvalue weighted by Crippen LogP contribution is -2.31. The van der Waals surface area contributed by atoms with Gasteiger partial charge in [-0.3, -0.25) is 0 Å². The molecule has 2 heterocycles. The molecule has 1 atom stereocenters. The number of hydrogen-bond acceptors (Lipinski definition) is 4. The molecule has 13 heavy (non-hydrogen) atoms. The summed E-state index contributed by atoms with van der Waals surface area (Å²) in [5.74, 6) is 0. The van der Waals surface area contributed by atoms with Crippen molar-refractivity contribution in [1.82, 2.24) is 19.9 Å². The van der Waals surface area contributed by atoms with Crippen LogP contribution in [0.3, 0.4) is 0 Å². The van der Waals surface area contributed by atoms with Gasteiger partial charge in [0.25, 0.3) is 0 Å². The third-order valence-corrected chi connectivity index (χ3v) is 2.63. The van der Waals surface area contributed by atoms with Gasteiger partial charge in [0.1, 0.15) is 5.60 Å². The molecule has 0 amide bonds. The molecule has 72 valence electrons. The van der Waals surface area contributed by atoms with Gasteiger partial charge in [-0.1, -0.05) is 5.21 Å². The molecule has 1 aliphatic rings. The first-order chi connectivity index (χ1) is 6.12. The first-order valence-corrected chi connectivity index (χ1v) is 4.38. The summed E-state index contributed by atoms with van der Waals surface area (Å²) in [6, 6.07) is 0. The van der Waals surface area contributed by atoms with Crippen molar-refractivity contribution >= 4 is 0 Å². The van der Waals surface area contributed by atoms with Crippen molar-refractivity contribution in [3.05, 3.63) is 11.9 Å². The van der Waals surface area contributed by atoms with Crippen molar-refractivity contribution < 1.29 is 5.11 Å². The van der Waals surface area contributed by atoms with Crippen LogP contribution in [-0.2, 0) is 12.6 Å². The molecule has 1 aliphatic heterocycles. The van der Waals surface area contributed by atoms with Gasteiger partial charge in [-0.2, -0.15) is 0 Å². The zero-order valence-corrected chi connectivity index (χ0v) is 7.93. The molecule has 1 fully saturated rings. The molecule has 0 radical (unpaired) electrons. The summed E-state index contributed by atoms with van der Waals surface area (Å²) in [4.78, 5) is 2.10. The van der Waals surface area contributed by atoms with Crippen LogP contribution in [0.4, 0.5) is 0 Å². The minimum atomic E-state index is -0.757. The normalized spacial score (nSPS) is 29.8. The molecule has 0 aliphatic carbocycles. The second-order valence-electron chi connectivity index (χ2n) is 3.76. The summed E-state index contributed by atoms with van der Waals surface area (Å²) >= 11 is 0. The van der Waals surface area contributed by atoms with Gasteiger partial charge in [-0.15, -0.1) is 5.10 Å². The number of likely N-dealkylation sites (N-methyl/N-ethyl adjacent to an activating group) is 1. The van der Waals surface area contributed by atoms with Crippen molar-refractivity contribution in [3.63, 3.8) is 0 Å². The Morgan fingerprint density at radius 2 is 2.31 bits per heavy atom. The number of β-amino-alcohol motifs (C(OH)–C–C–N with tert-alkyl or cyclic N) is 1. The minimum Gasteiger partial charge on any atom is -0.382 e. The van der Waals surface area contributed by atoms with Crippen molar-refractivity contribution in [2.75, 3.05) is 20.1 Å². The van der Waals surface area contributed by atoms with Gasteiger partial charge in [0.15, 0.2) is 0 Å². The summed E-state index contributed by atoms with van der Waals surface area (Å²) < 4.78 is 1.64.